The molecule has 0 bridgehead atoms. The average molecular weight is 354 g/mol. The van der Waals surface area contributed by atoms with Crippen molar-refractivity contribution in [2.75, 3.05) is 5.32 Å². The van der Waals surface area contributed by atoms with Crippen LogP contribution < -0.4 is 10.7 Å². The van der Waals surface area contributed by atoms with Gasteiger partial charge in [-0.3, -0.25) is 9.59 Å². The number of benzene rings is 1. The van der Waals surface area contributed by atoms with Gasteiger partial charge in [0, 0.05) is 12.2 Å². The summed E-state index contributed by atoms with van der Waals surface area (Å²) in [5, 5.41) is 10.7. The second kappa shape index (κ2) is 5.61. The lowest BCUT2D eigenvalue weighted by Crippen LogP contribution is -2.31. The maximum Gasteiger partial charge on any atom is 0.471 e. The number of alkyl halides is 3. The third-order valence-corrected chi connectivity index (χ3v) is 4.30. The number of nitrogens with zero attached hydrogens (tertiary/aromatic N) is 1. The Bertz CT molecular complexity index is 962. The van der Waals surface area contributed by atoms with E-state index in [0.717, 1.165) is 0 Å². The smallest absolute Gasteiger partial charge is 0.471 e. The molecule has 1 unspecified atom stereocenters. The SMILES string of the molecule is CC1CCc2ccc(NC(=O)C(F)(F)F)c3c(=O)c(C(=O)O)cn1c23. The fourth-order valence-corrected chi connectivity index (χ4v) is 3.06. The first-order valence-corrected chi connectivity index (χ1v) is 7.43. The highest BCUT2D eigenvalue weighted by Gasteiger charge is 2.39. The first-order chi connectivity index (χ1) is 11.6. The molecule has 0 fully saturated rings. The predicted octanol–water partition coefficient (Wildman–Crippen LogP) is 2.71. The minimum Gasteiger partial charge on any atom is -0.477 e. The number of pyridine rings is 1. The molecule has 1 aromatic carbocycles. The van der Waals surface area contributed by atoms with Gasteiger partial charge in [0.05, 0.1) is 16.6 Å². The summed E-state index contributed by atoms with van der Waals surface area (Å²) in [6.45, 7) is 1.82. The summed E-state index contributed by atoms with van der Waals surface area (Å²) in [6.07, 6.45) is -2.64. The van der Waals surface area contributed by atoms with Gasteiger partial charge in [-0.1, -0.05) is 6.07 Å². The van der Waals surface area contributed by atoms with Crippen LogP contribution in [0, 0.1) is 0 Å². The highest BCUT2D eigenvalue weighted by molar-refractivity contribution is 6.05. The number of halogens is 3. The van der Waals surface area contributed by atoms with E-state index in [1.54, 1.807) is 9.88 Å². The maximum atomic E-state index is 12.6. The quantitative estimate of drug-likeness (QED) is 0.868. The van der Waals surface area contributed by atoms with Crippen LogP contribution in [0.15, 0.2) is 23.1 Å². The highest BCUT2D eigenvalue weighted by atomic mass is 19.4. The summed E-state index contributed by atoms with van der Waals surface area (Å²) >= 11 is 0. The molecule has 9 heteroatoms. The molecule has 2 aromatic rings. The van der Waals surface area contributed by atoms with Gasteiger partial charge in [-0.15, -0.1) is 0 Å². The van der Waals surface area contributed by atoms with Crippen molar-refractivity contribution in [3.63, 3.8) is 0 Å². The molecule has 0 spiro atoms. The van der Waals surface area contributed by atoms with Crippen LogP contribution >= 0.6 is 0 Å². The number of amides is 1. The van der Waals surface area contributed by atoms with Crippen LogP contribution in [0.4, 0.5) is 18.9 Å². The number of aryl methyl sites for hydroxylation is 1. The fourth-order valence-electron chi connectivity index (χ4n) is 3.06. The van der Waals surface area contributed by atoms with Crippen LogP contribution in [0.25, 0.3) is 10.9 Å². The van der Waals surface area contributed by atoms with Crippen molar-refractivity contribution >= 4 is 28.5 Å². The molecule has 3 rings (SSSR count). The van der Waals surface area contributed by atoms with Crippen molar-refractivity contribution in [1.82, 2.24) is 4.57 Å². The van der Waals surface area contributed by atoms with Crippen LogP contribution in [0.2, 0.25) is 0 Å². The molecule has 132 valence electrons. The molecule has 2 heterocycles. The van der Waals surface area contributed by atoms with Gasteiger partial charge in [-0.05, 0) is 31.4 Å². The minimum absolute atomic E-state index is 0.137. The minimum atomic E-state index is -5.13. The number of anilines is 1. The van der Waals surface area contributed by atoms with Gasteiger partial charge in [0.25, 0.3) is 0 Å². The second-order valence-corrected chi connectivity index (χ2v) is 5.92. The van der Waals surface area contributed by atoms with Crippen molar-refractivity contribution in [3.8, 4) is 0 Å². The molecule has 1 aliphatic rings. The van der Waals surface area contributed by atoms with Gasteiger partial charge in [0.15, 0.2) is 0 Å². The number of aromatic carboxylic acids is 1. The number of rotatable bonds is 2. The predicted molar refractivity (Wildman–Crippen MR) is 82.9 cm³/mol. The number of carboxylic acid groups (broad SMARTS) is 1. The summed E-state index contributed by atoms with van der Waals surface area (Å²) in [6, 6.07) is 2.60. The van der Waals surface area contributed by atoms with Crippen LogP contribution in [0.5, 0.6) is 0 Å². The average Bonchev–Trinajstić information content (AvgIpc) is 2.52. The Hall–Kier alpha value is -2.84. The van der Waals surface area contributed by atoms with Gasteiger partial charge in [-0.25, -0.2) is 4.79 Å². The molecule has 0 radical (unpaired) electrons. The Labute approximate surface area is 138 Å². The zero-order chi connectivity index (χ0) is 18.5. The molecule has 1 amide bonds. The van der Waals surface area contributed by atoms with E-state index in [1.807, 2.05) is 6.92 Å². The van der Waals surface area contributed by atoms with Crippen molar-refractivity contribution in [2.45, 2.75) is 32.0 Å². The lowest BCUT2D eigenvalue weighted by atomic mass is 9.95. The lowest BCUT2D eigenvalue weighted by molar-refractivity contribution is -0.167. The van der Waals surface area contributed by atoms with Crippen LogP contribution in [0.3, 0.4) is 0 Å². The van der Waals surface area contributed by atoms with E-state index in [1.165, 1.54) is 18.3 Å². The number of hydrogen-bond donors (Lipinski definition) is 2. The Morgan fingerprint density at radius 1 is 1.32 bits per heavy atom. The van der Waals surface area contributed by atoms with Gasteiger partial charge in [0.1, 0.15) is 5.56 Å². The molecule has 1 aromatic heterocycles. The third-order valence-electron chi connectivity index (χ3n) is 4.30. The first kappa shape index (κ1) is 17.0. The Balaban J connectivity index is 2.34. The molecule has 25 heavy (non-hydrogen) atoms. The Kier molecular flexibility index (Phi) is 3.81. The summed E-state index contributed by atoms with van der Waals surface area (Å²) in [7, 11) is 0. The van der Waals surface area contributed by atoms with Crippen molar-refractivity contribution in [1.29, 1.82) is 0 Å². The summed E-state index contributed by atoms with van der Waals surface area (Å²) in [5.74, 6) is -3.70. The lowest BCUT2D eigenvalue weighted by Gasteiger charge is -2.27. The van der Waals surface area contributed by atoms with Crippen LogP contribution in [0.1, 0.15) is 35.3 Å². The Morgan fingerprint density at radius 2 is 2.00 bits per heavy atom. The van der Waals surface area contributed by atoms with E-state index in [9.17, 15) is 32.7 Å². The van der Waals surface area contributed by atoms with Gasteiger partial charge < -0.3 is 15.0 Å². The summed E-state index contributed by atoms with van der Waals surface area (Å²) < 4.78 is 39.2. The van der Waals surface area contributed by atoms with Gasteiger partial charge in [-0.2, -0.15) is 13.2 Å². The van der Waals surface area contributed by atoms with Crippen molar-refractivity contribution < 1.29 is 27.9 Å². The number of aromatic nitrogens is 1. The molecule has 6 nitrogen and oxygen atoms in total. The number of carboxylic acids is 1. The van der Waals surface area contributed by atoms with E-state index in [-0.39, 0.29) is 17.1 Å². The summed E-state index contributed by atoms with van der Waals surface area (Å²) in [5.41, 5.74) is -0.758. The van der Waals surface area contributed by atoms with E-state index >= 15 is 0 Å². The molecule has 0 aliphatic carbocycles. The van der Waals surface area contributed by atoms with Gasteiger partial charge in [0.2, 0.25) is 5.43 Å². The fraction of sp³-hybridized carbons (Fsp3) is 0.312. The van der Waals surface area contributed by atoms with Crippen molar-refractivity contribution in [3.05, 3.63) is 39.7 Å². The van der Waals surface area contributed by atoms with E-state index in [4.69, 9.17) is 0 Å². The molecule has 0 saturated heterocycles. The molecular weight excluding hydrogens is 341 g/mol. The van der Waals surface area contributed by atoms with E-state index < -0.39 is 29.0 Å². The van der Waals surface area contributed by atoms with E-state index in [2.05, 4.69) is 0 Å². The topological polar surface area (TPSA) is 88.4 Å². The van der Waals surface area contributed by atoms with Crippen LogP contribution in [-0.2, 0) is 11.2 Å². The Morgan fingerprint density at radius 3 is 2.60 bits per heavy atom. The van der Waals surface area contributed by atoms with Gasteiger partial charge >= 0.3 is 18.1 Å². The van der Waals surface area contributed by atoms with Crippen LogP contribution in [-0.4, -0.2) is 27.7 Å². The maximum absolute atomic E-state index is 12.6. The second-order valence-electron chi connectivity index (χ2n) is 5.92. The molecular formula is C16H13F3N2O4. The standard InChI is InChI=1S/C16H13F3N2O4/c1-7-2-3-8-4-5-10(20-15(25)16(17,18)19)11-12(8)21(7)6-9(13(11)22)14(23)24/h4-7H,2-3H2,1H3,(H,20,25)(H,23,24). The molecule has 1 atom stereocenters. The van der Waals surface area contributed by atoms with E-state index in [0.29, 0.717) is 23.9 Å². The summed E-state index contributed by atoms with van der Waals surface area (Å²) in [4.78, 5) is 35.2. The highest BCUT2D eigenvalue weighted by Crippen LogP contribution is 2.34. The molecule has 1 aliphatic heterocycles. The molecule has 2 N–H and O–H groups in total. The normalized spacial score (nSPS) is 16.7. The van der Waals surface area contributed by atoms with Crippen molar-refractivity contribution in [2.24, 2.45) is 0 Å². The number of hydrogen-bond acceptors (Lipinski definition) is 3. The number of carbonyl (C=O) groups is 2. The zero-order valence-electron chi connectivity index (χ0n) is 13.0. The third kappa shape index (κ3) is 2.75. The zero-order valence-corrected chi connectivity index (χ0v) is 13.0. The first-order valence-electron chi connectivity index (χ1n) is 7.43. The largest absolute Gasteiger partial charge is 0.477 e. The monoisotopic (exact) mass is 354 g/mol. The number of carbonyl (C=O) groups excluding carboxylic acids is 1. The molecule has 0 saturated carbocycles. The number of nitrogens with one attached hydrogen (secondary N) is 1.